The fraction of sp³-hybridized carbons (Fsp3) is 0.714. The van der Waals surface area contributed by atoms with Crippen molar-refractivity contribution in [2.24, 2.45) is 5.92 Å². The van der Waals surface area contributed by atoms with Crippen LogP contribution in [-0.2, 0) is 19.5 Å². The minimum absolute atomic E-state index is 0.471. The number of likely N-dealkylation sites (tertiary alicyclic amines) is 1. The lowest BCUT2D eigenvalue weighted by atomic mass is 10.1. The molecule has 21 heavy (non-hydrogen) atoms. The van der Waals surface area contributed by atoms with Gasteiger partial charge in [-0.2, -0.15) is 10.1 Å². The van der Waals surface area contributed by atoms with Gasteiger partial charge < -0.3 is 4.52 Å². The summed E-state index contributed by atoms with van der Waals surface area (Å²) in [6.45, 7) is 7.00. The molecule has 0 radical (unpaired) electrons. The Bertz CT molecular complexity index is 550. The Hall–Kier alpha value is -1.76. The molecule has 1 fully saturated rings. The van der Waals surface area contributed by atoms with Gasteiger partial charge in [0.15, 0.2) is 5.82 Å². The van der Waals surface area contributed by atoms with Crippen LogP contribution in [0.2, 0.25) is 0 Å². The highest BCUT2D eigenvalue weighted by molar-refractivity contribution is 4.90. The van der Waals surface area contributed by atoms with Gasteiger partial charge in [-0.3, -0.25) is 9.58 Å². The van der Waals surface area contributed by atoms with Gasteiger partial charge in [-0.1, -0.05) is 19.0 Å². The van der Waals surface area contributed by atoms with Crippen LogP contribution in [0, 0.1) is 5.92 Å². The SMILES string of the molecule is CC(C)Cc1nc(CN2CCC[C@@H]2Cn2cncn2)no1. The summed E-state index contributed by atoms with van der Waals surface area (Å²) < 4.78 is 7.20. The van der Waals surface area contributed by atoms with Gasteiger partial charge >= 0.3 is 0 Å². The summed E-state index contributed by atoms with van der Waals surface area (Å²) in [5.74, 6) is 2.06. The average Bonchev–Trinajstić information content (AvgIpc) is 3.14. The first-order valence-corrected chi connectivity index (χ1v) is 7.58. The molecule has 0 N–H and O–H groups in total. The number of hydrogen-bond acceptors (Lipinski definition) is 6. The third-order valence-corrected chi connectivity index (χ3v) is 3.80. The van der Waals surface area contributed by atoms with E-state index in [9.17, 15) is 0 Å². The van der Waals surface area contributed by atoms with Crippen LogP contribution >= 0.6 is 0 Å². The monoisotopic (exact) mass is 290 g/mol. The van der Waals surface area contributed by atoms with E-state index in [-0.39, 0.29) is 0 Å². The Balaban J connectivity index is 1.59. The van der Waals surface area contributed by atoms with Crippen molar-refractivity contribution in [2.75, 3.05) is 6.54 Å². The van der Waals surface area contributed by atoms with E-state index in [1.165, 1.54) is 12.8 Å². The topological polar surface area (TPSA) is 72.9 Å². The molecule has 1 aliphatic rings. The van der Waals surface area contributed by atoms with Gasteiger partial charge in [-0.05, 0) is 25.3 Å². The van der Waals surface area contributed by atoms with Gasteiger partial charge in [-0.15, -0.1) is 0 Å². The fourth-order valence-electron chi connectivity index (χ4n) is 2.82. The summed E-state index contributed by atoms with van der Waals surface area (Å²) in [6, 6.07) is 0.471. The fourth-order valence-corrected chi connectivity index (χ4v) is 2.82. The summed E-state index contributed by atoms with van der Waals surface area (Å²) in [4.78, 5) is 10.9. The van der Waals surface area contributed by atoms with Crippen molar-refractivity contribution in [1.29, 1.82) is 0 Å². The summed E-state index contributed by atoms with van der Waals surface area (Å²) in [7, 11) is 0. The van der Waals surface area contributed by atoms with Gasteiger partial charge in [0.05, 0.1) is 13.1 Å². The van der Waals surface area contributed by atoms with E-state index in [4.69, 9.17) is 4.52 Å². The molecular formula is C14H22N6O. The maximum atomic E-state index is 5.31. The quantitative estimate of drug-likeness (QED) is 0.803. The molecule has 1 aliphatic heterocycles. The molecule has 0 unspecified atom stereocenters. The highest BCUT2D eigenvalue weighted by atomic mass is 16.5. The molecule has 1 saturated heterocycles. The summed E-state index contributed by atoms with van der Waals surface area (Å²) >= 11 is 0. The number of hydrogen-bond donors (Lipinski definition) is 0. The highest BCUT2D eigenvalue weighted by Gasteiger charge is 2.26. The molecule has 114 valence electrons. The minimum Gasteiger partial charge on any atom is -0.339 e. The molecule has 0 saturated carbocycles. The molecule has 2 aromatic rings. The van der Waals surface area contributed by atoms with E-state index < -0.39 is 0 Å². The van der Waals surface area contributed by atoms with Crippen molar-refractivity contribution in [1.82, 2.24) is 29.8 Å². The Morgan fingerprint density at radius 1 is 1.43 bits per heavy atom. The molecule has 1 atom stereocenters. The van der Waals surface area contributed by atoms with Crippen molar-refractivity contribution in [2.45, 2.75) is 52.2 Å². The van der Waals surface area contributed by atoms with E-state index >= 15 is 0 Å². The molecule has 0 spiro atoms. The molecular weight excluding hydrogens is 268 g/mol. The van der Waals surface area contributed by atoms with Crippen molar-refractivity contribution >= 4 is 0 Å². The maximum Gasteiger partial charge on any atom is 0.226 e. The first-order chi connectivity index (χ1) is 10.2. The molecule has 3 rings (SSSR count). The first-order valence-electron chi connectivity index (χ1n) is 7.58. The van der Waals surface area contributed by atoms with Crippen LogP contribution in [0.15, 0.2) is 17.2 Å². The smallest absolute Gasteiger partial charge is 0.226 e. The van der Waals surface area contributed by atoms with Crippen LogP contribution in [0.25, 0.3) is 0 Å². The lowest BCUT2D eigenvalue weighted by Gasteiger charge is -2.22. The first kappa shape index (κ1) is 14.2. The van der Waals surface area contributed by atoms with Gasteiger partial charge in [0.1, 0.15) is 12.7 Å². The zero-order valence-corrected chi connectivity index (χ0v) is 12.6. The normalized spacial score (nSPS) is 19.7. The molecule has 7 nitrogen and oxygen atoms in total. The number of aromatic nitrogens is 5. The Kier molecular flexibility index (Phi) is 4.28. The van der Waals surface area contributed by atoms with Crippen LogP contribution in [-0.4, -0.2) is 42.4 Å². The molecule has 0 amide bonds. The third kappa shape index (κ3) is 3.66. The predicted octanol–water partition coefficient (Wildman–Crippen LogP) is 1.52. The average molecular weight is 290 g/mol. The Labute approximate surface area is 124 Å². The lowest BCUT2D eigenvalue weighted by Crippen LogP contribution is -2.33. The van der Waals surface area contributed by atoms with E-state index in [2.05, 4.69) is 39.0 Å². The summed E-state index contributed by atoms with van der Waals surface area (Å²) in [5.41, 5.74) is 0. The zero-order chi connectivity index (χ0) is 14.7. The van der Waals surface area contributed by atoms with Crippen LogP contribution in [0.5, 0.6) is 0 Å². The van der Waals surface area contributed by atoms with Crippen molar-refractivity contribution in [3.05, 3.63) is 24.4 Å². The van der Waals surface area contributed by atoms with Crippen LogP contribution in [0.3, 0.4) is 0 Å². The van der Waals surface area contributed by atoms with Gasteiger partial charge in [0, 0.05) is 12.5 Å². The molecule has 0 bridgehead atoms. The highest BCUT2D eigenvalue weighted by Crippen LogP contribution is 2.20. The molecule has 0 aromatic carbocycles. The minimum atomic E-state index is 0.471. The van der Waals surface area contributed by atoms with Gasteiger partial charge in [0.2, 0.25) is 5.89 Å². The van der Waals surface area contributed by atoms with Crippen LogP contribution < -0.4 is 0 Å². The second-order valence-corrected chi connectivity index (χ2v) is 6.09. The van der Waals surface area contributed by atoms with E-state index in [1.807, 2.05) is 4.68 Å². The molecule has 7 heteroatoms. The van der Waals surface area contributed by atoms with E-state index in [0.29, 0.717) is 12.0 Å². The maximum absolute atomic E-state index is 5.31. The van der Waals surface area contributed by atoms with Gasteiger partial charge in [-0.25, -0.2) is 4.98 Å². The second-order valence-electron chi connectivity index (χ2n) is 6.09. The van der Waals surface area contributed by atoms with Crippen LogP contribution in [0.1, 0.15) is 38.4 Å². The summed E-state index contributed by atoms with van der Waals surface area (Å²) in [5, 5.41) is 8.29. The molecule has 3 heterocycles. The Morgan fingerprint density at radius 2 is 2.33 bits per heavy atom. The molecule has 2 aromatic heterocycles. The Morgan fingerprint density at radius 3 is 3.10 bits per heavy atom. The third-order valence-electron chi connectivity index (χ3n) is 3.80. The van der Waals surface area contributed by atoms with Crippen molar-refractivity contribution < 1.29 is 4.52 Å². The second kappa shape index (κ2) is 6.34. The molecule has 0 aliphatic carbocycles. The van der Waals surface area contributed by atoms with E-state index in [1.54, 1.807) is 12.7 Å². The lowest BCUT2D eigenvalue weighted by molar-refractivity contribution is 0.211. The van der Waals surface area contributed by atoms with Crippen LogP contribution in [0.4, 0.5) is 0 Å². The predicted molar refractivity (Wildman–Crippen MR) is 76.3 cm³/mol. The number of rotatable bonds is 6. The standard InChI is InChI=1S/C14H22N6O/c1-11(2)6-14-17-13(18-21-14)8-19-5-3-4-12(19)7-20-10-15-9-16-20/h9-12H,3-8H2,1-2H3/t12-/m1/s1. The van der Waals surface area contributed by atoms with Crippen molar-refractivity contribution in [3.8, 4) is 0 Å². The zero-order valence-electron chi connectivity index (χ0n) is 12.6. The van der Waals surface area contributed by atoms with E-state index in [0.717, 1.165) is 37.8 Å². The summed E-state index contributed by atoms with van der Waals surface area (Å²) in [6.07, 6.45) is 6.57. The number of nitrogens with zero attached hydrogens (tertiary/aromatic N) is 6. The van der Waals surface area contributed by atoms with Crippen molar-refractivity contribution in [3.63, 3.8) is 0 Å². The largest absolute Gasteiger partial charge is 0.339 e. The van der Waals surface area contributed by atoms with Gasteiger partial charge in [0.25, 0.3) is 0 Å².